The number of hydrogen-bond donors (Lipinski definition) is 0. The van der Waals surface area contributed by atoms with Crippen LogP contribution in [0, 0.1) is 11.3 Å². The van der Waals surface area contributed by atoms with Crippen molar-refractivity contribution in [3.05, 3.63) is 76.9 Å². The Bertz CT molecular complexity index is 925. The Balaban J connectivity index is 1.65. The van der Waals surface area contributed by atoms with E-state index in [0.29, 0.717) is 11.6 Å². The highest BCUT2D eigenvalue weighted by Crippen LogP contribution is 2.40. The minimum Gasteiger partial charge on any atom is -0.289 e. The topological polar surface area (TPSA) is 27.0 Å². The van der Waals surface area contributed by atoms with Gasteiger partial charge < -0.3 is 0 Å². The summed E-state index contributed by atoms with van der Waals surface area (Å²) in [5, 5.41) is 9.02. The third-order valence-corrected chi connectivity index (χ3v) is 5.81. The summed E-state index contributed by atoms with van der Waals surface area (Å²) in [5.74, 6) is 0. The van der Waals surface area contributed by atoms with Crippen LogP contribution >= 0.6 is 0 Å². The third-order valence-electron chi connectivity index (χ3n) is 5.81. The van der Waals surface area contributed by atoms with Gasteiger partial charge in [0.15, 0.2) is 0 Å². The second kappa shape index (κ2) is 7.44. The van der Waals surface area contributed by atoms with E-state index in [2.05, 4.69) is 23.1 Å². The maximum atomic E-state index is 13.3. The Morgan fingerprint density at radius 3 is 2.54 bits per heavy atom. The van der Waals surface area contributed by atoms with Gasteiger partial charge in [0.2, 0.25) is 0 Å². The summed E-state index contributed by atoms with van der Waals surface area (Å²) >= 11 is 0. The van der Waals surface area contributed by atoms with Gasteiger partial charge in [0.1, 0.15) is 0 Å². The van der Waals surface area contributed by atoms with Gasteiger partial charge in [0.05, 0.1) is 17.2 Å². The van der Waals surface area contributed by atoms with Gasteiger partial charge in [0.25, 0.3) is 0 Å². The fourth-order valence-electron chi connectivity index (χ4n) is 4.45. The number of rotatable bonds is 3. The van der Waals surface area contributed by atoms with Crippen LogP contribution < -0.4 is 0 Å². The first-order chi connectivity index (χ1) is 13.5. The van der Waals surface area contributed by atoms with E-state index in [4.69, 9.17) is 5.26 Å². The van der Waals surface area contributed by atoms with Gasteiger partial charge in [-0.05, 0) is 48.1 Å². The van der Waals surface area contributed by atoms with E-state index in [9.17, 15) is 13.2 Å². The molecule has 0 radical (unpaired) electrons. The first-order valence-electron chi connectivity index (χ1n) is 9.58. The van der Waals surface area contributed by atoms with Crippen LogP contribution in [0.4, 0.5) is 13.2 Å². The van der Waals surface area contributed by atoms with Crippen LogP contribution in [0.25, 0.3) is 5.57 Å². The van der Waals surface area contributed by atoms with Crippen LogP contribution in [0.2, 0.25) is 0 Å². The van der Waals surface area contributed by atoms with Gasteiger partial charge in [-0.25, -0.2) is 0 Å². The molecule has 5 heteroatoms. The Morgan fingerprint density at radius 2 is 1.86 bits per heavy atom. The molecule has 1 fully saturated rings. The molecule has 2 atom stereocenters. The van der Waals surface area contributed by atoms with Crippen LogP contribution in [-0.2, 0) is 12.7 Å². The number of nitrogens with zero attached hydrogens (tertiary/aromatic N) is 2. The minimum atomic E-state index is -4.52. The van der Waals surface area contributed by atoms with Gasteiger partial charge in [-0.15, -0.1) is 0 Å². The lowest BCUT2D eigenvalue weighted by Crippen LogP contribution is -2.47. The van der Waals surface area contributed by atoms with Crippen LogP contribution in [0.15, 0.2) is 54.6 Å². The quantitative estimate of drug-likeness (QED) is 0.672. The first kappa shape index (κ1) is 18.8. The van der Waals surface area contributed by atoms with Crippen molar-refractivity contribution in [2.45, 2.75) is 50.5 Å². The molecule has 144 valence electrons. The van der Waals surface area contributed by atoms with Crippen LogP contribution in [0.1, 0.15) is 47.9 Å². The third kappa shape index (κ3) is 3.70. The lowest BCUT2D eigenvalue weighted by atomic mass is 9.82. The molecule has 0 spiro atoms. The number of fused-ring (bicyclic) bond motifs is 2. The number of hydrogen-bond acceptors (Lipinski definition) is 2. The molecule has 2 aliphatic heterocycles. The van der Waals surface area contributed by atoms with E-state index in [1.165, 1.54) is 11.6 Å². The molecule has 1 saturated heterocycles. The number of nitriles is 1. The number of piperidine rings is 1. The zero-order chi connectivity index (χ0) is 19.7. The molecule has 28 heavy (non-hydrogen) atoms. The maximum Gasteiger partial charge on any atom is 0.417 e. The van der Waals surface area contributed by atoms with E-state index in [0.717, 1.165) is 43.9 Å². The molecule has 2 aliphatic rings. The summed E-state index contributed by atoms with van der Waals surface area (Å²) in [6.45, 7) is 0.862. The smallest absolute Gasteiger partial charge is 0.289 e. The average Bonchev–Trinajstić information content (AvgIpc) is 2.67. The van der Waals surface area contributed by atoms with E-state index in [-0.39, 0.29) is 11.6 Å². The maximum absolute atomic E-state index is 13.3. The summed E-state index contributed by atoms with van der Waals surface area (Å²) in [5.41, 5.74) is 1.65. The molecule has 2 bridgehead atoms. The molecule has 0 amide bonds. The van der Waals surface area contributed by atoms with Gasteiger partial charge in [-0.2, -0.15) is 18.4 Å². The fraction of sp³-hybridized carbons (Fsp3) is 0.348. The molecule has 0 aliphatic carbocycles. The highest BCUT2D eigenvalue weighted by Gasteiger charge is 2.36. The Morgan fingerprint density at radius 1 is 1.07 bits per heavy atom. The lowest BCUT2D eigenvalue weighted by molar-refractivity contribution is -0.137. The molecule has 2 heterocycles. The molecule has 2 aromatic carbocycles. The van der Waals surface area contributed by atoms with Crippen molar-refractivity contribution < 1.29 is 13.2 Å². The van der Waals surface area contributed by atoms with Gasteiger partial charge in [0, 0.05) is 18.6 Å². The van der Waals surface area contributed by atoms with Crippen molar-refractivity contribution in [2.24, 2.45) is 0 Å². The summed E-state index contributed by atoms with van der Waals surface area (Å²) in [6, 6.07) is 16.6. The molecular formula is C23H21F3N2. The molecule has 4 rings (SSSR count). The molecular weight excluding hydrogens is 361 g/mol. The molecule has 0 saturated carbocycles. The standard InChI is InChI=1S/C23H21F3N2/c24-23(25,26)22-13-17(9-10-18(22)14-27)19-11-20-7-4-8-21(12-19)28(20)15-16-5-2-1-3-6-16/h1-3,5-6,9-11,13,20-21H,4,7-8,12,15H2. The summed E-state index contributed by atoms with van der Waals surface area (Å²) in [4.78, 5) is 2.48. The van der Waals surface area contributed by atoms with E-state index >= 15 is 0 Å². The molecule has 2 nitrogen and oxygen atoms in total. The number of benzene rings is 2. The van der Waals surface area contributed by atoms with Crippen molar-refractivity contribution in [3.8, 4) is 6.07 Å². The normalized spacial score (nSPS) is 22.4. The molecule has 2 unspecified atom stereocenters. The highest BCUT2D eigenvalue weighted by molar-refractivity contribution is 5.69. The summed E-state index contributed by atoms with van der Waals surface area (Å²) in [7, 11) is 0. The number of alkyl halides is 3. The van der Waals surface area contributed by atoms with Crippen LogP contribution in [-0.4, -0.2) is 17.0 Å². The molecule has 0 N–H and O–H groups in total. The van der Waals surface area contributed by atoms with Crippen LogP contribution in [0.5, 0.6) is 0 Å². The second-order valence-electron chi connectivity index (χ2n) is 7.58. The Hall–Kier alpha value is -2.58. The van der Waals surface area contributed by atoms with Crippen molar-refractivity contribution >= 4 is 5.57 Å². The molecule has 0 aromatic heterocycles. The summed E-state index contributed by atoms with van der Waals surface area (Å²) < 4.78 is 40.0. The van der Waals surface area contributed by atoms with Crippen molar-refractivity contribution in [2.75, 3.05) is 0 Å². The number of halogens is 3. The SMILES string of the molecule is N#Cc1ccc(C2=CC3CCCC(C2)N3Cc2ccccc2)cc1C(F)(F)F. The van der Waals surface area contributed by atoms with Gasteiger partial charge >= 0.3 is 6.18 Å². The van der Waals surface area contributed by atoms with Gasteiger partial charge in [-0.1, -0.05) is 48.9 Å². The predicted octanol–water partition coefficient (Wildman–Crippen LogP) is 5.79. The van der Waals surface area contributed by atoms with E-state index in [1.807, 2.05) is 18.2 Å². The minimum absolute atomic E-state index is 0.243. The highest BCUT2D eigenvalue weighted by atomic mass is 19.4. The monoisotopic (exact) mass is 382 g/mol. The predicted molar refractivity (Wildman–Crippen MR) is 102 cm³/mol. The van der Waals surface area contributed by atoms with Crippen molar-refractivity contribution in [1.29, 1.82) is 5.26 Å². The van der Waals surface area contributed by atoms with Crippen LogP contribution in [0.3, 0.4) is 0 Å². The first-order valence-corrected chi connectivity index (χ1v) is 9.58. The zero-order valence-electron chi connectivity index (χ0n) is 15.4. The van der Waals surface area contributed by atoms with Crippen molar-refractivity contribution in [3.63, 3.8) is 0 Å². The summed E-state index contributed by atoms with van der Waals surface area (Å²) in [6.07, 6.45) is 1.59. The largest absolute Gasteiger partial charge is 0.417 e. The van der Waals surface area contributed by atoms with Crippen molar-refractivity contribution in [1.82, 2.24) is 4.90 Å². The Kier molecular flexibility index (Phi) is 4.99. The lowest BCUT2D eigenvalue weighted by Gasteiger charge is -2.45. The second-order valence-corrected chi connectivity index (χ2v) is 7.58. The molecule has 2 aromatic rings. The zero-order valence-corrected chi connectivity index (χ0v) is 15.4. The van der Waals surface area contributed by atoms with E-state index < -0.39 is 11.7 Å². The Labute approximate surface area is 162 Å². The fourth-order valence-corrected chi connectivity index (χ4v) is 4.45. The van der Waals surface area contributed by atoms with Gasteiger partial charge in [-0.3, -0.25) is 4.90 Å². The van der Waals surface area contributed by atoms with E-state index in [1.54, 1.807) is 12.1 Å². The average molecular weight is 382 g/mol.